The quantitative estimate of drug-likeness (QED) is 0.764. The standard InChI is InChI=1S/C10H17N5/c1-4-9-13-10(5-2)15(14-9)7-8(6-11)12-3/h8,12H,4-5,7H2,1-3H3. The SMILES string of the molecule is CCc1nc(CC)n(CC(C#N)NC)n1. The van der Waals surface area contributed by atoms with Gasteiger partial charge in [-0.3, -0.25) is 0 Å². The van der Waals surface area contributed by atoms with E-state index in [4.69, 9.17) is 5.26 Å². The molecule has 0 aromatic carbocycles. The van der Waals surface area contributed by atoms with Crippen LogP contribution in [-0.2, 0) is 19.4 Å². The van der Waals surface area contributed by atoms with Crippen LogP contribution >= 0.6 is 0 Å². The number of nitrogens with zero attached hydrogens (tertiary/aromatic N) is 4. The van der Waals surface area contributed by atoms with Crippen LogP contribution in [0.15, 0.2) is 0 Å². The van der Waals surface area contributed by atoms with Crippen LogP contribution in [0.5, 0.6) is 0 Å². The Labute approximate surface area is 90.1 Å². The minimum Gasteiger partial charge on any atom is -0.303 e. The fourth-order valence-electron chi connectivity index (χ4n) is 1.35. The Hall–Kier alpha value is -1.41. The first kappa shape index (κ1) is 11.7. The molecular formula is C10H17N5. The molecule has 1 heterocycles. The average molecular weight is 207 g/mol. The Morgan fingerprint density at radius 1 is 1.47 bits per heavy atom. The maximum absolute atomic E-state index is 8.84. The van der Waals surface area contributed by atoms with E-state index in [2.05, 4.69) is 21.5 Å². The zero-order chi connectivity index (χ0) is 11.3. The molecule has 1 atom stereocenters. The second-order valence-corrected chi connectivity index (χ2v) is 3.30. The van der Waals surface area contributed by atoms with Gasteiger partial charge in [0.15, 0.2) is 5.82 Å². The van der Waals surface area contributed by atoms with Gasteiger partial charge in [0.1, 0.15) is 11.9 Å². The molecular weight excluding hydrogens is 190 g/mol. The third kappa shape index (κ3) is 2.77. The van der Waals surface area contributed by atoms with Crippen molar-refractivity contribution in [3.05, 3.63) is 11.6 Å². The van der Waals surface area contributed by atoms with Crippen LogP contribution in [-0.4, -0.2) is 27.9 Å². The summed E-state index contributed by atoms with van der Waals surface area (Å²) in [5, 5.41) is 16.1. The molecule has 0 saturated heterocycles. The van der Waals surface area contributed by atoms with Gasteiger partial charge in [-0.15, -0.1) is 0 Å². The second kappa shape index (κ2) is 5.47. The van der Waals surface area contributed by atoms with Gasteiger partial charge in [0, 0.05) is 12.8 Å². The number of likely N-dealkylation sites (N-methyl/N-ethyl adjacent to an activating group) is 1. The van der Waals surface area contributed by atoms with Crippen molar-refractivity contribution < 1.29 is 0 Å². The van der Waals surface area contributed by atoms with Crippen LogP contribution in [0.4, 0.5) is 0 Å². The van der Waals surface area contributed by atoms with Crippen LogP contribution in [0.3, 0.4) is 0 Å². The maximum atomic E-state index is 8.84. The molecule has 0 bridgehead atoms. The Morgan fingerprint density at radius 2 is 2.20 bits per heavy atom. The van der Waals surface area contributed by atoms with Gasteiger partial charge in [0.05, 0.1) is 12.6 Å². The number of hydrogen-bond donors (Lipinski definition) is 1. The molecule has 0 aliphatic heterocycles. The number of rotatable bonds is 5. The van der Waals surface area contributed by atoms with E-state index in [1.165, 1.54) is 0 Å². The van der Waals surface area contributed by atoms with Crippen LogP contribution < -0.4 is 5.32 Å². The van der Waals surface area contributed by atoms with Crippen molar-refractivity contribution in [3.8, 4) is 6.07 Å². The lowest BCUT2D eigenvalue weighted by Gasteiger charge is -2.08. The largest absolute Gasteiger partial charge is 0.303 e. The minimum atomic E-state index is -0.207. The molecule has 1 rings (SSSR count). The summed E-state index contributed by atoms with van der Waals surface area (Å²) >= 11 is 0. The number of aryl methyl sites for hydroxylation is 2. The topological polar surface area (TPSA) is 66.5 Å². The van der Waals surface area contributed by atoms with E-state index in [0.29, 0.717) is 6.54 Å². The average Bonchev–Trinajstić information content (AvgIpc) is 2.68. The number of nitrogens with one attached hydrogen (secondary N) is 1. The molecule has 0 spiro atoms. The van der Waals surface area contributed by atoms with Crippen molar-refractivity contribution in [2.45, 2.75) is 39.3 Å². The smallest absolute Gasteiger partial charge is 0.150 e. The summed E-state index contributed by atoms with van der Waals surface area (Å²) in [7, 11) is 1.77. The lowest BCUT2D eigenvalue weighted by atomic mass is 10.3. The Kier molecular flexibility index (Phi) is 4.25. The van der Waals surface area contributed by atoms with E-state index >= 15 is 0 Å². The summed E-state index contributed by atoms with van der Waals surface area (Å²) in [4.78, 5) is 4.38. The molecule has 5 heteroatoms. The van der Waals surface area contributed by atoms with Gasteiger partial charge >= 0.3 is 0 Å². The van der Waals surface area contributed by atoms with Gasteiger partial charge in [-0.25, -0.2) is 9.67 Å². The van der Waals surface area contributed by atoms with E-state index in [0.717, 1.165) is 24.5 Å². The lowest BCUT2D eigenvalue weighted by Crippen LogP contribution is -2.29. The molecule has 1 aromatic heterocycles. The highest BCUT2D eigenvalue weighted by Crippen LogP contribution is 2.02. The van der Waals surface area contributed by atoms with Crippen LogP contribution in [0, 0.1) is 11.3 Å². The maximum Gasteiger partial charge on any atom is 0.150 e. The van der Waals surface area contributed by atoms with E-state index in [1.54, 1.807) is 7.05 Å². The normalized spacial score (nSPS) is 12.4. The number of aromatic nitrogens is 3. The van der Waals surface area contributed by atoms with Crippen LogP contribution in [0.25, 0.3) is 0 Å². The molecule has 0 radical (unpaired) electrons. The number of hydrogen-bond acceptors (Lipinski definition) is 4. The fourth-order valence-corrected chi connectivity index (χ4v) is 1.35. The van der Waals surface area contributed by atoms with Gasteiger partial charge < -0.3 is 5.32 Å². The zero-order valence-corrected chi connectivity index (χ0v) is 9.49. The summed E-state index contributed by atoms with van der Waals surface area (Å²) in [6.45, 7) is 4.63. The van der Waals surface area contributed by atoms with Crippen molar-refractivity contribution in [3.63, 3.8) is 0 Å². The molecule has 0 amide bonds. The summed E-state index contributed by atoms with van der Waals surface area (Å²) in [6.07, 6.45) is 1.67. The summed E-state index contributed by atoms with van der Waals surface area (Å²) in [5.41, 5.74) is 0. The van der Waals surface area contributed by atoms with Crippen LogP contribution in [0.1, 0.15) is 25.5 Å². The molecule has 82 valence electrons. The first-order valence-corrected chi connectivity index (χ1v) is 5.24. The summed E-state index contributed by atoms with van der Waals surface area (Å²) in [6, 6.07) is 1.97. The zero-order valence-electron chi connectivity index (χ0n) is 9.49. The van der Waals surface area contributed by atoms with Gasteiger partial charge in [0.2, 0.25) is 0 Å². The van der Waals surface area contributed by atoms with Crippen molar-refractivity contribution in [1.82, 2.24) is 20.1 Å². The fraction of sp³-hybridized carbons (Fsp3) is 0.700. The monoisotopic (exact) mass is 207 g/mol. The van der Waals surface area contributed by atoms with Gasteiger partial charge in [-0.1, -0.05) is 13.8 Å². The molecule has 0 aliphatic rings. The predicted molar refractivity (Wildman–Crippen MR) is 57.2 cm³/mol. The highest BCUT2D eigenvalue weighted by molar-refractivity contribution is 4.96. The second-order valence-electron chi connectivity index (χ2n) is 3.30. The van der Waals surface area contributed by atoms with E-state index in [1.807, 2.05) is 18.5 Å². The van der Waals surface area contributed by atoms with Gasteiger partial charge in [-0.05, 0) is 7.05 Å². The molecule has 0 saturated carbocycles. The van der Waals surface area contributed by atoms with Crippen molar-refractivity contribution in [2.75, 3.05) is 7.05 Å². The molecule has 1 unspecified atom stereocenters. The highest BCUT2D eigenvalue weighted by Gasteiger charge is 2.11. The van der Waals surface area contributed by atoms with E-state index in [9.17, 15) is 0 Å². The molecule has 0 aliphatic carbocycles. The third-order valence-electron chi connectivity index (χ3n) is 2.28. The first-order chi connectivity index (χ1) is 7.24. The van der Waals surface area contributed by atoms with E-state index in [-0.39, 0.29) is 6.04 Å². The molecule has 15 heavy (non-hydrogen) atoms. The van der Waals surface area contributed by atoms with Crippen LogP contribution in [0.2, 0.25) is 0 Å². The molecule has 1 N–H and O–H groups in total. The third-order valence-corrected chi connectivity index (χ3v) is 2.28. The van der Waals surface area contributed by atoms with Gasteiger partial charge in [0.25, 0.3) is 0 Å². The Morgan fingerprint density at radius 3 is 2.67 bits per heavy atom. The van der Waals surface area contributed by atoms with Crippen molar-refractivity contribution in [1.29, 1.82) is 5.26 Å². The Balaban J connectivity index is 2.83. The first-order valence-electron chi connectivity index (χ1n) is 5.24. The van der Waals surface area contributed by atoms with Gasteiger partial charge in [-0.2, -0.15) is 10.4 Å². The van der Waals surface area contributed by atoms with Crippen molar-refractivity contribution >= 4 is 0 Å². The Bertz CT molecular complexity index is 349. The molecule has 5 nitrogen and oxygen atoms in total. The van der Waals surface area contributed by atoms with E-state index < -0.39 is 0 Å². The predicted octanol–water partition coefficient (Wildman–Crippen LogP) is 0.514. The molecule has 0 fully saturated rings. The minimum absolute atomic E-state index is 0.207. The lowest BCUT2D eigenvalue weighted by molar-refractivity contribution is 0.502. The summed E-state index contributed by atoms with van der Waals surface area (Å²) < 4.78 is 1.82. The highest BCUT2D eigenvalue weighted by atomic mass is 15.4. The molecule has 1 aromatic rings. The number of nitriles is 1. The summed E-state index contributed by atoms with van der Waals surface area (Å²) in [5.74, 6) is 1.79. The van der Waals surface area contributed by atoms with Crippen molar-refractivity contribution in [2.24, 2.45) is 0 Å².